The highest BCUT2D eigenvalue weighted by Crippen LogP contribution is 2.38. The molecular formula is C11H13N3S. The zero-order valence-corrected chi connectivity index (χ0v) is 9.20. The van der Waals surface area contributed by atoms with Crippen LogP contribution in [0.5, 0.6) is 0 Å². The lowest BCUT2D eigenvalue weighted by Crippen LogP contribution is -2.26. The van der Waals surface area contributed by atoms with Gasteiger partial charge in [-0.1, -0.05) is 30.0 Å². The Hall–Kier alpha value is -1.16. The second-order valence-corrected chi connectivity index (χ2v) is 4.80. The van der Waals surface area contributed by atoms with Gasteiger partial charge >= 0.3 is 0 Å². The maximum atomic E-state index is 6.01. The van der Waals surface area contributed by atoms with Crippen LogP contribution in [0.4, 0.5) is 5.69 Å². The highest BCUT2D eigenvalue weighted by molar-refractivity contribution is 8.14. The van der Waals surface area contributed by atoms with E-state index in [9.17, 15) is 0 Å². The molecule has 0 spiro atoms. The SMILES string of the molecule is Nc1ccccc1C1CSC2=NCCN21. The molecule has 0 radical (unpaired) electrons. The molecule has 4 heteroatoms. The van der Waals surface area contributed by atoms with Crippen LogP contribution in [-0.4, -0.2) is 28.9 Å². The van der Waals surface area contributed by atoms with Crippen LogP contribution in [0.3, 0.4) is 0 Å². The molecule has 2 aliphatic rings. The van der Waals surface area contributed by atoms with E-state index in [-0.39, 0.29) is 0 Å². The van der Waals surface area contributed by atoms with Gasteiger partial charge < -0.3 is 10.6 Å². The molecule has 0 aromatic heterocycles. The monoisotopic (exact) mass is 219 g/mol. The summed E-state index contributed by atoms with van der Waals surface area (Å²) >= 11 is 1.84. The van der Waals surface area contributed by atoms with Crippen LogP contribution in [0.25, 0.3) is 0 Å². The number of anilines is 1. The molecule has 1 saturated heterocycles. The Morgan fingerprint density at radius 1 is 1.40 bits per heavy atom. The van der Waals surface area contributed by atoms with E-state index in [0.717, 1.165) is 24.5 Å². The molecule has 78 valence electrons. The fourth-order valence-corrected chi connectivity index (χ4v) is 3.41. The summed E-state index contributed by atoms with van der Waals surface area (Å²) in [5.41, 5.74) is 8.15. The number of thioether (sulfide) groups is 1. The van der Waals surface area contributed by atoms with Gasteiger partial charge in [0, 0.05) is 18.0 Å². The van der Waals surface area contributed by atoms with E-state index < -0.39 is 0 Å². The van der Waals surface area contributed by atoms with Crippen molar-refractivity contribution in [3.63, 3.8) is 0 Å². The first-order valence-electron chi connectivity index (χ1n) is 5.14. The average Bonchev–Trinajstić information content (AvgIpc) is 2.80. The van der Waals surface area contributed by atoms with Crippen molar-refractivity contribution >= 4 is 22.6 Å². The summed E-state index contributed by atoms with van der Waals surface area (Å²) in [5, 5.41) is 1.20. The number of hydrogen-bond donors (Lipinski definition) is 1. The van der Waals surface area contributed by atoms with Gasteiger partial charge in [0.1, 0.15) is 0 Å². The molecule has 3 nitrogen and oxygen atoms in total. The first-order chi connectivity index (χ1) is 7.36. The molecule has 2 heterocycles. The lowest BCUT2D eigenvalue weighted by molar-refractivity contribution is 0.388. The summed E-state index contributed by atoms with van der Waals surface area (Å²) in [6.45, 7) is 1.98. The summed E-state index contributed by atoms with van der Waals surface area (Å²) in [4.78, 5) is 6.84. The number of rotatable bonds is 1. The Kier molecular flexibility index (Phi) is 2.09. The topological polar surface area (TPSA) is 41.6 Å². The highest BCUT2D eigenvalue weighted by atomic mass is 32.2. The minimum absolute atomic E-state index is 0.428. The molecule has 1 aromatic carbocycles. The predicted molar refractivity (Wildman–Crippen MR) is 65.1 cm³/mol. The van der Waals surface area contributed by atoms with Gasteiger partial charge in [0.25, 0.3) is 0 Å². The second-order valence-electron chi connectivity index (χ2n) is 3.81. The summed E-state index contributed by atoms with van der Waals surface area (Å²) in [6, 6.07) is 8.58. The number of nitrogen functional groups attached to an aromatic ring is 1. The van der Waals surface area contributed by atoms with Crippen molar-refractivity contribution in [3.05, 3.63) is 29.8 Å². The Morgan fingerprint density at radius 3 is 3.13 bits per heavy atom. The third kappa shape index (κ3) is 1.40. The Bertz CT molecular complexity index is 416. The second kappa shape index (κ2) is 3.45. The molecule has 0 saturated carbocycles. The zero-order chi connectivity index (χ0) is 10.3. The quantitative estimate of drug-likeness (QED) is 0.731. The summed E-state index contributed by atoms with van der Waals surface area (Å²) in [5.74, 6) is 1.08. The van der Waals surface area contributed by atoms with E-state index in [1.165, 1.54) is 10.7 Å². The molecule has 15 heavy (non-hydrogen) atoms. The average molecular weight is 219 g/mol. The molecule has 2 aliphatic heterocycles. The number of nitrogens with two attached hydrogens (primary N) is 1. The van der Waals surface area contributed by atoms with E-state index in [0.29, 0.717) is 6.04 Å². The van der Waals surface area contributed by atoms with Crippen molar-refractivity contribution in [2.24, 2.45) is 4.99 Å². The van der Waals surface area contributed by atoms with E-state index in [1.54, 1.807) is 0 Å². The van der Waals surface area contributed by atoms with Gasteiger partial charge in [-0.3, -0.25) is 4.99 Å². The van der Waals surface area contributed by atoms with Crippen LogP contribution >= 0.6 is 11.8 Å². The minimum Gasteiger partial charge on any atom is -0.398 e. The molecule has 0 bridgehead atoms. The lowest BCUT2D eigenvalue weighted by Gasteiger charge is -2.22. The van der Waals surface area contributed by atoms with E-state index >= 15 is 0 Å². The summed E-state index contributed by atoms with van der Waals surface area (Å²) in [7, 11) is 0. The van der Waals surface area contributed by atoms with Crippen molar-refractivity contribution in [1.82, 2.24) is 4.90 Å². The molecule has 3 rings (SSSR count). The number of fused-ring (bicyclic) bond motifs is 1. The standard InChI is InChI=1S/C11H13N3S/c12-9-4-2-1-3-8(9)10-7-15-11-13-5-6-14(10)11/h1-4,10H,5-7,12H2. The van der Waals surface area contributed by atoms with Gasteiger partial charge in [-0.25, -0.2) is 0 Å². The van der Waals surface area contributed by atoms with Crippen LogP contribution in [0, 0.1) is 0 Å². The Morgan fingerprint density at radius 2 is 2.27 bits per heavy atom. The van der Waals surface area contributed by atoms with Gasteiger partial charge in [-0.15, -0.1) is 0 Å². The number of amidine groups is 1. The Labute approximate surface area is 93.4 Å². The third-order valence-corrected chi connectivity index (χ3v) is 4.04. The molecule has 1 unspecified atom stereocenters. The summed E-state index contributed by atoms with van der Waals surface area (Å²) in [6.07, 6.45) is 0. The highest BCUT2D eigenvalue weighted by Gasteiger charge is 2.34. The molecule has 2 N–H and O–H groups in total. The normalized spacial score (nSPS) is 24.1. The zero-order valence-electron chi connectivity index (χ0n) is 8.39. The lowest BCUT2D eigenvalue weighted by atomic mass is 10.1. The van der Waals surface area contributed by atoms with Crippen LogP contribution < -0.4 is 5.73 Å². The molecular weight excluding hydrogens is 206 g/mol. The molecule has 1 fully saturated rings. The number of hydrogen-bond acceptors (Lipinski definition) is 4. The van der Waals surface area contributed by atoms with Gasteiger partial charge in [-0.2, -0.15) is 0 Å². The number of benzene rings is 1. The molecule has 1 atom stereocenters. The first kappa shape index (κ1) is 9.09. The Balaban J connectivity index is 1.96. The van der Waals surface area contributed by atoms with Crippen molar-refractivity contribution in [2.45, 2.75) is 6.04 Å². The minimum atomic E-state index is 0.428. The third-order valence-electron chi connectivity index (χ3n) is 2.94. The van der Waals surface area contributed by atoms with Crippen molar-refractivity contribution in [1.29, 1.82) is 0 Å². The van der Waals surface area contributed by atoms with Crippen LogP contribution in [0.1, 0.15) is 11.6 Å². The first-order valence-corrected chi connectivity index (χ1v) is 6.13. The van der Waals surface area contributed by atoms with Gasteiger partial charge in [0.05, 0.1) is 12.6 Å². The molecule has 1 aromatic rings. The van der Waals surface area contributed by atoms with Crippen molar-refractivity contribution in [3.8, 4) is 0 Å². The number of aliphatic imine (C=N–C) groups is 1. The number of nitrogens with zero attached hydrogens (tertiary/aromatic N) is 2. The number of para-hydroxylation sites is 1. The fraction of sp³-hybridized carbons (Fsp3) is 0.364. The van der Waals surface area contributed by atoms with Gasteiger partial charge in [0.15, 0.2) is 5.17 Å². The fourth-order valence-electron chi connectivity index (χ4n) is 2.17. The smallest absolute Gasteiger partial charge is 0.159 e. The van der Waals surface area contributed by atoms with Crippen molar-refractivity contribution in [2.75, 3.05) is 24.6 Å². The largest absolute Gasteiger partial charge is 0.398 e. The van der Waals surface area contributed by atoms with Crippen molar-refractivity contribution < 1.29 is 0 Å². The van der Waals surface area contributed by atoms with E-state index in [2.05, 4.69) is 22.0 Å². The molecule has 0 aliphatic carbocycles. The van der Waals surface area contributed by atoms with E-state index in [4.69, 9.17) is 5.73 Å². The maximum Gasteiger partial charge on any atom is 0.159 e. The van der Waals surface area contributed by atoms with Gasteiger partial charge in [0.2, 0.25) is 0 Å². The predicted octanol–water partition coefficient (Wildman–Crippen LogP) is 1.73. The molecule has 0 amide bonds. The maximum absolute atomic E-state index is 6.01. The van der Waals surface area contributed by atoms with Crippen LogP contribution in [0.15, 0.2) is 29.3 Å². The van der Waals surface area contributed by atoms with Gasteiger partial charge in [-0.05, 0) is 11.6 Å². The van der Waals surface area contributed by atoms with E-state index in [1.807, 2.05) is 23.9 Å². The van der Waals surface area contributed by atoms with Crippen LogP contribution in [0.2, 0.25) is 0 Å². The summed E-state index contributed by atoms with van der Waals surface area (Å²) < 4.78 is 0. The van der Waals surface area contributed by atoms with Crippen LogP contribution in [-0.2, 0) is 0 Å².